The van der Waals surface area contributed by atoms with Gasteiger partial charge in [-0.2, -0.15) is 0 Å². The van der Waals surface area contributed by atoms with Crippen molar-refractivity contribution in [3.8, 4) is 11.5 Å². The van der Waals surface area contributed by atoms with Crippen molar-refractivity contribution in [2.24, 2.45) is 0 Å². The van der Waals surface area contributed by atoms with Gasteiger partial charge in [0.1, 0.15) is 12.2 Å². The molecule has 0 N–H and O–H groups in total. The molecule has 0 saturated heterocycles. The molecule has 2 aromatic carbocycles. The summed E-state index contributed by atoms with van der Waals surface area (Å²) in [6.07, 6.45) is 5.13. The van der Waals surface area contributed by atoms with E-state index in [4.69, 9.17) is 37.4 Å². The number of hydrogen-bond donors (Lipinski definition) is 0. The maximum Gasteiger partial charge on any atom is 0.340 e. The van der Waals surface area contributed by atoms with Gasteiger partial charge < -0.3 is 19.1 Å². The fraction of sp³-hybridized carbons (Fsp3) is 0.375. The zero-order valence-electron chi connectivity index (χ0n) is 17.4. The number of nitrogens with zero attached hydrogens (tertiary/aromatic N) is 1. The van der Waals surface area contributed by atoms with Crippen LogP contribution in [-0.4, -0.2) is 43.8 Å². The van der Waals surface area contributed by atoms with Crippen LogP contribution in [0.4, 0.5) is 0 Å². The molecule has 5 rings (SSSR count). The van der Waals surface area contributed by atoms with E-state index in [-0.39, 0.29) is 16.5 Å². The number of halogens is 2. The molecule has 2 heterocycles. The number of ether oxygens (including phenoxy) is 3. The van der Waals surface area contributed by atoms with Crippen LogP contribution in [0, 0.1) is 0 Å². The van der Waals surface area contributed by atoms with E-state index in [2.05, 4.69) is 24.1 Å². The summed E-state index contributed by atoms with van der Waals surface area (Å²) in [4.78, 5) is 15.0. The second kappa shape index (κ2) is 7.73. The monoisotopic (exact) mass is 459 g/mol. The SMILES string of the molecule is COc1ccc2c3c1O[C@H]1CC(OC(=O)c4ccc(Cl)cc4Cl)C=C[C@@]31CCN(C)C2. The molecule has 5 nitrogen and oxygen atoms in total. The van der Waals surface area contributed by atoms with Crippen LogP contribution < -0.4 is 9.47 Å². The lowest BCUT2D eigenvalue weighted by Crippen LogP contribution is -2.43. The molecule has 1 aliphatic carbocycles. The molecule has 0 fully saturated rings. The van der Waals surface area contributed by atoms with Crippen molar-refractivity contribution in [2.45, 2.75) is 37.0 Å². The van der Waals surface area contributed by atoms with Gasteiger partial charge in [0.15, 0.2) is 11.5 Å². The molecule has 7 heteroatoms. The highest BCUT2D eigenvalue weighted by atomic mass is 35.5. The Morgan fingerprint density at radius 2 is 2.10 bits per heavy atom. The van der Waals surface area contributed by atoms with Crippen molar-refractivity contribution in [2.75, 3.05) is 20.7 Å². The lowest BCUT2D eigenvalue weighted by atomic mass is 9.69. The van der Waals surface area contributed by atoms with E-state index in [0.29, 0.717) is 17.0 Å². The Labute approximate surface area is 191 Å². The Bertz CT molecular complexity index is 1090. The molecule has 0 radical (unpaired) electrons. The normalized spacial score (nSPS) is 26.5. The Hall–Kier alpha value is -2.21. The van der Waals surface area contributed by atoms with E-state index in [1.54, 1.807) is 19.2 Å². The van der Waals surface area contributed by atoms with Crippen molar-refractivity contribution in [3.63, 3.8) is 0 Å². The van der Waals surface area contributed by atoms with Crippen molar-refractivity contribution >= 4 is 29.2 Å². The Balaban J connectivity index is 1.46. The standard InChI is InChI=1S/C24H23Cl2NO4/c1-27-10-9-24-8-7-16(30-23(28)17-5-4-15(25)11-18(17)26)12-20(24)31-22-19(29-2)6-3-14(13-27)21(22)24/h3-8,11,16,20H,9-10,12-13H2,1-2H3/t16?,20-,24-/m0/s1. The highest BCUT2D eigenvalue weighted by Crippen LogP contribution is 2.55. The van der Waals surface area contributed by atoms with Crippen LogP contribution in [0.3, 0.4) is 0 Å². The van der Waals surface area contributed by atoms with Crippen LogP contribution in [0.2, 0.25) is 10.0 Å². The van der Waals surface area contributed by atoms with Gasteiger partial charge >= 0.3 is 5.97 Å². The Kier molecular flexibility index (Phi) is 5.16. The van der Waals surface area contributed by atoms with Crippen molar-refractivity contribution in [1.29, 1.82) is 0 Å². The molecule has 0 aromatic heterocycles. The predicted octanol–water partition coefficient (Wildman–Crippen LogP) is 5.02. The topological polar surface area (TPSA) is 48.0 Å². The van der Waals surface area contributed by atoms with Crippen molar-refractivity contribution in [1.82, 2.24) is 4.90 Å². The number of carbonyl (C=O) groups excluding carboxylic acids is 1. The molecule has 3 atom stereocenters. The lowest BCUT2D eigenvalue weighted by Gasteiger charge is -2.36. The van der Waals surface area contributed by atoms with Crippen LogP contribution >= 0.6 is 23.2 Å². The van der Waals surface area contributed by atoms with Gasteiger partial charge in [-0.1, -0.05) is 35.3 Å². The van der Waals surface area contributed by atoms with E-state index in [0.717, 1.165) is 31.0 Å². The van der Waals surface area contributed by atoms with Crippen LogP contribution in [0.15, 0.2) is 42.5 Å². The van der Waals surface area contributed by atoms with E-state index in [9.17, 15) is 4.79 Å². The first-order chi connectivity index (χ1) is 14.9. The van der Waals surface area contributed by atoms with Crippen molar-refractivity contribution < 1.29 is 19.0 Å². The molecule has 162 valence electrons. The number of esters is 1. The van der Waals surface area contributed by atoms with Gasteiger partial charge in [0.2, 0.25) is 0 Å². The van der Waals surface area contributed by atoms with Gasteiger partial charge in [-0.15, -0.1) is 0 Å². The summed E-state index contributed by atoms with van der Waals surface area (Å²) < 4.78 is 17.8. The third-order valence-corrected chi connectivity index (χ3v) is 7.09. The average Bonchev–Trinajstić information content (AvgIpc) is 2.99. The summed E-state index contributed by atoms with van der Waals surface area (Å²) in [6.45, 7) is 1.82. The van der Waals surface area contributed by atoms with Gasteiger partial charge in [-0.05, 0) is 55.9 Å². The van der Waals surface area contributed by atoms with Gasteiger partial charge in [0.25, 0.3) is 0 Å². The Morgan fingerprint density at radius 1 is 1.26 bits per heavy atom. The van der Waals surface area contributed by atoms with Crippen LogP contribution in [-0.2, 0) is 16.7 Å². The van der Waals surface area contributed by atoms with Crippen LogP contribution in [0.5, 0.6) is 11.5 Å². The van der Waals surface area contributed by atoms with Crippen LogP contribution in [0.25, 0.3) is 0 Å². The third kappa shape index (κ3) is 3.39. The molecule has 2 aromatic rings. The highest BCUT2D eigenvalue weighted by Gasteiger charge is 2.53. The molecule has 3 aliphatic rings. The first kappa shape index (κ1) is 20.7. The fourth-order valence-electron chi connectivity index (χ4n) is 5.01. The first-order valence-electron chi connectivity index (χ1n) is 10.3. The molecule has 31 heavy (non-hydrogen) atoms. The molecular formula is C24H23Cl2NO4. The molecule has 0 amide bonds. The summed E-state index contributed by atoms with van der Waals surface area (Å²) in [6, 6.07) is 8.86. The minimum atomic E-state index is -0.471. The third-order valence-electron chi connectivity index (χ3n) is 6.54. The maximum absolute atomic E-state index is 12.7. The fourth-order valence-corrected chi connectivity index (χ4v) is 5.49. The predicted molar refractivity (Wildman–Crippen MR) is 119 cm³/mol. The molecule has 0 bridgehead atoms. The first-order valence-corrected chi connectivity index (χ1v) is 11.1. The van der Waals surface area contributed by atoms with Crippen LogP contribution in [0.1, 0.15) is 34.3 Å². The highest BCUT2D eigenvalue weighted by molar-refractivity contribution is 6.36. The zero-order chi connectivity index (χ0) is 21.8. The minimum absolute atomic E-state index is 0.132. The smallest absolute Gasteiger partial charge is 0.340 e. The lowest BCUT2D eigenvalue weighted by molar-refractivity contribution is 0.0218. The van der Waals surface area contributed by atoms with Gasteiger partial charge in [-0.3, -0.25) is 0 Å². The van der Waals surface area contributed by atoms with Gasteiger partial charge in [-0.25, -0.2) is 4.79 Å². The summed E-state index contributed by atoms with van der Waals surface area (Å²) in [5.41, 5.74) is 2.52. The Morgan fingerprint density at radius 3 is 2.87 bits per heavy atom. The van der Waals surface area contributed by atoms with E-state index >= 15 is 0 Å². The second-order valence-electron chi connectivity index (χ2n) is 8.43. The maximum atomic E-state index is 12.7. The number of methoxy groups -OCH3 is 1. The number of rotatable bonds is 3. The second-order valence-corrected chi connectivity index (χ2v) is 9.27. The van der Waals surface area contributed by atoms with Gasteiger partial charge in [0.05, 0.1) is 23.1 Å². The molecule has 2 aliphatic heterocycles. The summed E-state index contributed by atoms with van der Waals surface area (Å²) in [5.74, 6) is 1.09. The molecule has 0 saturated carbocycles. The number of benzene rings is 2. The van der Waals surface area contributed by atoms with E-state index < -0.39 is 12.1 Å². The summed E-state index contributed by atoms with van der Waals surface area (Å²) in [5, 5.41) is 0.751. The average molecular weight is 460 g/mol. The summed E-state index contributed by atoms with van der Waals surface area (Å²) in [7, 11) is 3.80. The number of hydrogen-bond acceptors (Lipinski definition) is 5. The van der Waals surface area contributed by atoms with Gasteiger partial charge in [0, 0.05) is 23.6 Å². The largest absolute Gasteiger partial charge is 0.493 e. The molecular weight excluding hydrogens is 437 g/mol. The van der Waals surface area contributed by atoms with Crippen molar-refractivity contribution in [3.05, 3.63) is 69.2 Å². The number of carbonyl (C=O) groups is 1. The molecule has 1 spiro atoms. The van der Waals surface area contributed by atoms with E-state index in [1.165, 1.54) is 17.2 Å². The minimum Gasteiger partial charge on any atom is -0.493 e. The molecule has 1 unspecified atom stereocenters. The zero-order valence-corrected chi connectivity index (χ0v) is 18.9. The quantitative estimate of drug-likeness (QED) is 0.476. The van der Waals surface area contributed by atoms with E-state index in [1.807, 2.05) is 12.1 Å². The summed E-state index contributed by atoms with van der Waals surface area (Å²) >= 11 is 12.1.